The number of amides is 1. The predicted molar refractivity (Wildman–Crippen MR) is 55.6 cm³/mol. The van der Waals surface area contributed by atoms with Gasteiger partial charge in [-0.05, 0) is 38.9 Å². The minimum atomic E-state index is 0. The summed E-state index contributed by atoms with van der Waals surface area (Å²) in [5, 5.41) is 2.96. The van der Waals surface area contributed by atoms with Gasteiger partial charge in [-0.15, -0.1) is 0 Å². The van der Waals surface area contributed by atoms with Gasteiger partial charge in [-0.1, -0.05) is 6.92 Å². The SMILES string of the molecule is CCC(=O)NCC1CCN(C)CC1.[HH]. The van der Waals surface area contributed by atoms with Crippen molar-refractivity contribution in [3.8, 4) is 0 Å². The van der Waals surface area contributed by atoms with Crippen molar-refractivity contribution < 1.29 is 6.22 Å². The Balaban J connectivity index is 0.00000169. The van der Waals surface area contributed by atoms with Crippen molar-refractivity contribution >= 4 is 5.91 Å². The summed E-state index contributed by atoms with van der Waals surface area (Å²) in [5.41, 5.74) is 0. The minimum Gasteiger partial charge on any atom is -0.356 e. The molecule has 1 saturated heterocycles. The molecule has 1 rings (SSSR count). The fourth-order valence-corrected chi connectivity index (χ4v) is 1.65. The van der Waals surface area contributed by atoms with Crippen LogP contribution in [0.4, 0.5) is 0 Å². The lowest BCUT2D eigenvalue weighted by Crippen LogP contribution is -2.36. The van der Waals surface area contributed by atoms with Gasteiger partial charge in [-0.25, -0.2) is 0 Å². The van der Waals surface area contributed by atoms with Crippen LogP contribution < -0.4 is 5.32 Å². The fourth-order valence-electron chi connectivity index (χ4n) is 1.65. The molecular formula is C10H22N2O. The number of hydrogen-bond donors (Lipinski definition) is 1. The summed E-state index contributed by atoms with van der Waals surface area (Å²) in [6.45, 7) is 5.11. The van der Waals surface area contributed by atoms with Gasteiger partial charge in [0.1, 0.15) is 0 Å². The zero-order valence-electron chi connectivity index (χ0n) is 8.68. The van der Waals surface area contributed by atoms with Crippen LogP contribution in [0.1, 0.15) is 27.6 Å². The van der Waals surface area contributed by atoms with E-state index in [-0.39, 0.29) is 7.33 Å². The van der Waals surface area contributed by atoms with Gasteiger partial charge < -0.3 is 10.2 Å². The zero-order valence-corrected chi connectivity index (χ0v) is 8.68. The smallest absolute Gasteiger partial charge is 0.219 e. The Morgan fingerprint density at radius 1 is 1.54 bits per heavy atom. The fraction of sp³-hybridized carbons (Fsp3) is 0.900. The van der Waals surface area contributed by atoms with Crippen LogP contribution in [0.3, 0.4) is 0 Å². The van der Waals surface area contributed by atoms with Crippen molar-refractivity contribution in [1.29, 1.82) is 0 Å². The molecule has 1 N–H and O–H groups in total. The lowest BCUT2D eigenvalue weighted by Gasteiger charge is -2.28. The number of hydrogen-bond acceptors (Lipinski definition) is 2. The van der Waals surface area contributed by atoms with Crippen molar-refractivity contribution in [1.82, 2.24) is 10.2 Å². The van der Waals surface area contributed by atoms with Crippen molar-refractivity contribution in [2.45, 2.75) is 26.2 Å². The van der Waals surface area contributed by atoms with E-state index in [1.807, 2.05) is 6.92 Å². The van der Waals surface area contributed by atoms with Gasteiger partial charge in [0, 0.05) is 14.4 Å². The second-order valence-electron chi connectivity index (χ2n) is 3.90. The molecule has 1 aliphatic heterocycles. The first-order valence-electron chi connectivity index (χ1n) is 5.17. The molecule has 1 amide bonds. The Labute approximate surface area is 82.0 Å². The second-order valence-corrected chi connectivity index (χ2v) is 3.90. The molecule has 0 aromatic rings. The lowest BCUT2D eigenvalue weighted by atomic mass is 9.97. The first-order valence-corrected chi connectivity index (χ1v) is 5.17. The monoisotopic (exact) mass is 186 g/mol. The summed E-state index contributed by atoms with van der Waals surface area (Å²) < 4.78 is 0. The topological polar surface area (TPSA) is 32.3 Å². The van der Waals surface area contributed by atoms with Gasteiger partial charge in [0.25, 0.3) is 0 Å². The molecule has 0 unspecified atom stereocenters. The Morgan fingerprint density at radius 3 is 2.69 bits per heavy atom. The van der Waals surface area contributed by atoms with Crippen LogP contribution in [0.2, 0.25) is 0 Å². The zero-order chi connectivity index (χ0) is 9.68. The number of carbonyl (C=O) groups excluding carboxylic acids is 1. The highest BCUT2D eigenvalue weighted by molar-refractivity contribution is 5.75. The molecule has 3 nitrogen and oxygen atoms in total. The summed E-state index contributed by atoms with van der Waals surface area (Å²) in [4.78, 5) is 13.3. The van der Waals surface area contributed by atoms with Crippen molar-refractivity contribution in [2.24, 2.45) is 5.92 Å². The third-order valence-corrected chi connectivity index (χ3v) is 2.75. The van der Waals surface area contributed by atoms with Gasteiger partial charge in [-0.2, -0.15) is 0 Å². The molecule has 1 heterocycles. The third-order valence-electron chi connectivity index (χ3n) is 2.75. The van der Waals surface area contributed by atoms with Crippen molar-refractivity contribution in [3.63, 3.8) is 0 Å². The van der Waals surface area contributed by atoms with Gasteiger partial charge in [0.2, 0.25) is 5.91 Å². The summed E-state index contributed by atoms with van der Waals surface area (Å²) in [7, 11) is 2.15. The van der Waals surface area contributed by atoms with Crippen LogP contribution in [0.5, 0.6) is 0 Å². The van der Waals surface area contributed by atoms with E-state index in [2.05, 4.69) is 17.3 Å². The van der Waals surface area contributed by atoms with Crippen molar-refractivity contribution in [3.05, 3.63) is 0 Å². The largest absolute Gasteiger partial charge is 0.356 e. The Hall–Kier alpha value is -0.570. The van der Waals surface area contributed by atoms with Gasteiger partial charge in [-0.3, -0.25) is 4.79 Å². The van der Waals surface area contributed by atoms with E-state index >= 15 is 0 Å². The maximum Gasteiger partial charge on any atom is 0.219 e. The predicted octanol–water partition coefficient (Wildman–Crippen LogP) is 1.10. The van der Waals surface area contributed by atoms with Crippen LogP contribution in [0.25, 0.3) is 0 Å². The minimum absolute atomic E-state index is 0. The maximum atomic E-state index is 11.0. The molecular weight excluding hydrogens is 164 g/mol. The van der Waals surface area contributed by atoms with E-state index in [0.717, 1.165) is 6.54 Å². The van der Waals surface area contributed by atoms with Crippen LogP contribution in [-0.4, -0.2) is 37.5 Å². The Morgan fingerprint density at radius 2 is 2.15 bits per heavy atom. The highest BCUT2D eigenvalue weighted by atomic mass is 16.1. The average Bonchev–Trinajstić information content (AvgIpc) is 2.16. The third kappa shape index (κ3) is 3.77. The molecule has 0 bridgehead atoms. The molecule has 0 atom stereocenters. The number of nitrogens with one attached hydrogen (secondary N) is 1. The molecule has 0 aliphatic carbocycles. The van der Waals surface area contributed by atoms with E-state index < -0.39 is 0 Å². The molecule has 1 fully saturated rings. The number of piperidine rings is 1. The van der Waals surface area contributed by atoms with Crippen LogP contribution in [0.15, 0.2) is 0 Å². The van der Waals surface area contributed by atoms with E-state index in [0.29, 0.717) is 12.3 Å². The van der Waals surface area contributed by atoms with Gasteiger partial charge in [0.15, 0.2) is 0 Å². The summed E-state index contributed by atoms with van der Waals surface area (Å²) in [5.74, 6) is 0.880. The highest BCUT2D eigenvalue weighted by Crippen LogP contribution is 2.14. The number of rotatable bonds is 3. The van der Waals surface area contributed by atoms with Crippen LogP contribution in [-0.2, 0) is 4.79 Å². The first kappa shape index (κ1) is 10.5. The van der Waals surface area contributed by atoms with Crippen LogP contribution in [0, 0.1) is 5.92 Å². The standard InChI is InChI=1S/C10H20N2O.H2/c1-3-10(13)11-8-9-4-6-12(2)7-5-9;/h9H,3-8H2,1-2H3,(H,11,13);1H. The number of likely N-dealkylation sites (tertiary alicyclic amines) is 1. The van der Waals surface area contributed by atoms with E-state index in [1.54, 1.807) is 0 Å². The van der Waals surface area contributed by atoms with E-state index in [9.17, 15) is 4.79 Å². The molecule has 0 radical (unpaired) electrons. The molecule has 1 aliphatic rings. The lowest BCUT2D eigenvalue weighted by molar-refractivity contribution is -0.121. The number of carbonyl (C=O) groups is 1. The molecule has 3 heteroatoms. The summed E-state index contributed by atoms with van der Waals surface area (Å²) in [6.07, 6.45) is 3.05. The molecule has 0 aromatic heterocycles. The maximum absolute atomic E-state index is 11.0. The molecule has 0 aromatic carbocycles. The quantitative estimate of drug-likeness (QED) is 0.716. The molecule has 0 spiro atoms. The van der Waals surface area contributed by atoms with Crippen LogP contribution >= 0.6 is 0 Å². The summed E-state index contributed by atoms with van der Waals surface area (Å²) >= 11 is 0. The normalized spacial score (nSPS) is 20.2. The summed E-state index contributed by atoms with van der Waals surface area (Å²) in [6, 6.07) is 0. The van der Waals surface area contributed by atoms with Gasteiger partial charge >= 0.3 is 0 Å². The van der Waals surface area contributed by atoms with E-state index in [1.165, 1.54) is 25.9 Å². The molecule has 0 saturated carbocycles. The highest BCUT2D eigenvalue weighted by Gasteiger charge is 2.16. The van der Waals surface area contributed by atoms with Crippen molar-refractivity contribution in [2.75, 3.05) is 26.7 Å². The molecule has 78 valence electrons. The number of nitrogens with zero attached hydrogens (tertiary/aromatic N) is 1. The second kappa shape index (κ2) is 5.22. The van der Waals surface area contributed by atoms with E-state index in [4.69, 9.17) is 0 Å². The first-order chi connectivity index (χ1) is 6.22. The van der Waals surface area contributed by atoms with Gasteiger partial charge in [0.05, 0.1) is 0 Å². The average molecular weight is 186 g/mol. The Bertz CT molecular complexity index is 168. The Kier molecular flexibility index (Phi) is 4.22. The molecule has 13 heavy (non-hydrogen) atoms.